The van der Waals surface area contributed by atoms with Crippen molar-refractivity contribution < 1.29 is 0 Å². The smallest absolute Gasteiger partial charge is 0.0604 e. The van der Waals surface area contributed by atoms with Crippen molar-refractivity contribution in [3.63, 3.8) is 0 Å². The van der Waals surface area contributed by atoms with Crippen LogP contribution in [0.4, 0.5) is 0 Å². The van der Waals surface area contributed by atoms with Crippen molar-refractivity contribution in [2.45, 2.75) is 19.4 Å². The number of nitrogens with zero attached hydrogens (tertiary/aromatic N) is 2. The first-order valence-corrected chi connectivity index (χ1v) is 4.43. The van der Waals surface area contributed by atoms with E-state index >= 15 is 0 Å². The number of aromatic nitrogens is 1. The van der Waals surface area contributed by atoms with Crippen molar-refractivity contribution >= 4 is 0 Å². The van der Waals surface area contributed by atoms with Crippen molar-refractivity contribution in [1.82, 2.24) is 9.88 Å². The van der Waals surface area contributed by atoms with Gasteiger partial charge in [-0.1, -0.05) is 6.07 Å². The molecule has 0 amide bonds. The van der Waals surface area contributed by atoms with Crippen LogP contribution in [-0.2, 0) is 6.42 Å². The van der Waals surface area contributed by atoms with E-state index in [4.69, 9.17) is 0 Å². The van der Waals surface area contributed by atoms with Crippen molar-refractivity contribution in [3.8, 4) is 0 Å². The molecule has 0 fully saturated rings. The quantitative estimate of drug-likeness (QED) is 0.576. The largest absolute Gasteiger partial charge is 0.298 e. The van der Waals surface area contributed by atoms with Gasteiger partial charge in [-0.3, -0.25) is 9.88 Å². The van der Waals surface area contributed by atoms with Gasteiger partial charge in [-0.15, -0.1) is 0 Å². The summed E-state index contributed by atoms with van der Waals surface area (Å²) >= 11 is 0. The van der Waals surface area contributed by atoms with E-state index in [1.54, 1.807) is 0 Å². The normalized spacial score (nSPS) is 23.7. The van der Waals surface area contributed by atoms with Crippen LogP contribution in [0.3, 0.4) is 0 Å². The molecule has 2 heteroatoms. The average Bonchev–Trinajstić information content (AvgIpc) is 2.12. The SMILES string of the molecule is CC1c2ncccc2CCN1C. The predicted octanol–water partition coefficient (Wildman–Crippen LogP) is 1.63. The van der Waals surface area contributed by atoms with Gasteiger partial charge < -0.3 is 0 Å². The molecule has 0 spiro atoms. The molecular formula is C10H14N2. The molecule has 0 saturated heterocycles. The van der Waals surface area contributed by atoms with Crippen LogP contribution >= 0.6 is 0 Å². The Labute approximate surface area is 73.2 Å². The van der Waals surface area contributed by atoms with Crippen LogP contribution in [0.2, 0.25) is 0 Å². The highest BCUT2D eigenvalue weighted by Crippen LogP contribution is 2.25. The van der Waals surface area contributed by atoms with Gasteiger partial charge in [-0.2, -0.15) is 0 Å². The van der Waals surface area contributed by atoms with Crippen molar-refractivity contribution in [3.05, 3.63) is 29.6 Å². The lowest BCUT2D eigenvalue weighted by Gasteiger charge is -2.30. The third-order valence-electron chi connectivity index (χ3n) is 2.72. The highest BCUT2D eigenvalue weighted by atomic mass is 15.1. The summed E-state index contributed by atoms with van der Waals surface area (Å²) in [5.41, 5.74) is 2.68. The molecule has 0 N–H and O–H groups in total. The molecule has 0 aliphatic carbocycles. The van der Waals surface area contributed by atoms with Crippen LogP contribution in [0.5, 0.6) is 0 Å². The van der Waals surface area contributed by atoms with E-state index in [2.05, 4.69) is 29.9 Å². The minimum absolute atomic E-state index is 0.481. The Bertz CT molecular complexity index is 283. The maximum Gasteiger partial charge on any atom is 0.0604 e. The zero-order chi connectivity index (χ0) is 8.55. The van der Waals surface area contributed by atoms with Gasteiger partial charge in [0.25, 0.3) is 0 Å². The first-order chi connectivity index (χ1) is 5.79. The highest BCUT2D eigenvalue weighted by Gasteiger charge is 2.20. The van der Waals surface area contributed by atoms with E-state index in [1.165, 1.54) is 11.3 Å². The van der Waals surface area contributed by atoms with E-state index in [1.807, 2.05) is 12.3 Å². The second-order valence-corrected chi connectivity index (χ2v) is 3.45. The monoisotopic (exact) mass is 162 g/mol. The Balaban J connectivity index is 2.42. The number of pyridine rings is 1. The summed E-state index contributed by atoms with van der Waals surface area (Å²) in [4.78, 5) is 6.75. The summed E-state index contributed by atoms with van der Waals surface area (Å²) in [5, 5.41) is 0. The standard InChI is InChI=1S/C10H14N2/c1-8-10-9(4-3-6-11-10)5-7-12(8)2/h3-4,6,8H,5,7H2,1-2H3. The van der Waals surface area contributed by atoms with Gasteiger partial charge in [0.2, 0.25) is 0 Å². The van der Waals surface area contributed by atoms with Crippen LogP contribution in [0.15, 0.2) is 18.3 Å². The molecule has 2 nitrogen and oxygen atoms in total. The van der Waals surface area contributed by atoms with E-state index in [0.29, 0.717) is 6.04 Å². The summed E-state index contributed by atoms with van der Waals surface area (Å²) in [6.07, 6.45) is 3.03. The fraction of sp³-hybridized carbons (Fsp3) is 0.500. The summed E-state index contributed by atoms with van der Waals surface area (Å²) < 4.78 is 0. The fourth-order valence-corrected chi connectivity index (χ4v) is 1.74. The Morgan fingerprint density at radius 3 is 3.25 bits per heavy atom. The molecule has 1 aromatic heterocycles. The molecule has 0 bridgehead atoms. The molecule has 1 unspecified atom stereocenters. The topological polar surface area (TPSA) is 16.1 Å². The highest BCUT2D eigenvalue weighted by molar-refractivity contribution is 5.25. The first kappa shape index (κ1) is 7.74. The minimum atomic E-state index is 0.481. The summed E-state index contributed by atoms with van der Waals surface area (Å²) in [7, 11) is 2.16. The zero-order valence-electron chi connectivity index (χ0n) is 7.62. The number of hydrogen-bond donors (Lipinski definition) is 0. The maximum absolute atomic E-state index is 4.41. The fourth-order valence-electron chi connectivity index (χ4n) is 1.74. The summed E-state index contributed by atoms with van der Waals surface area (Å²) in [6.45, 7) is 3.37. The summed E-state index contributed by atoms with van der Waals surface area (Å²) in [6, 6.07) is 4.69. The molecule has 64 valence electrons. The van der Waals surface area contributed by atoms with Crippen LogP contribution in [0.25, 0.3) is 0 Å². The van der Waals surface area contributed by atoms with Crippen LogP contribution in [0, 0.1) is 0 Å². The van der Waals surface area contributed by atoms with Gasteiger partial charge in [0, 0.05) is 18.8 Å². The zero-order valence-corrected chi connectivity index (χ0v) is 7.62. The molecule has 0 aromatic carbocycles. The number of rotatable bonds is 0. The second kappa shape index (κ2) is 2.87. The third kappa shape index (κ3) is 1.12. The molecule has 12 heavy (non-hydrogen) atoms. The third-order valence-corrected chi connectivity index (χ3v) is 2.72. The molecule has 1 aliphatic rings. The van der Waals surface area contributed by atoms with E-state index < -0.39 is 0 Å². The Morgan fingerprint density at radius 2 is 2.42 bits per heavy atom. The van der Waals surface area contributed by atoms with Crippen molar-refractivity contribution in [1.29, 1.82) is 0 Å². The number of likely N-dealkylation sites (N-methyl/N-ethyl adjacent to an activating group) is 1. The van der Waals surface area contributed by atoms with E-state index in [-0.39, 0.29) is 0 Å². The lowest BCUT2D eigenvalue weighted by atomic mass is 10.00. The molecule has 2 heterocycles. The molecule has 1 aliphatic heterocycles. The molecule has 0 saturated carbocycles. The first-order valence-electron chi connectivity index (χ1n) is 4.43. The summed E-state index contributed by atoms with van der Waals surface area (Å²) in [5.74, 6) is 0. The number of hydrogen-bond acceptors (Lipinski definition) is 2. The van der Waals surface area contributed by atoms with Crippen LogP contribution in [-0.4, -0.2) is 23.5 Å². The van der Waals surface area contributed by atoms with Crippen molar-refractivity contribution in [2.75, 3.05) is 13.6 Å². The van der Waals surface area contributed by atoms with Gasteiger partial charge in [0.15, 0.2) is 0 Å². The lowest BCUT2D eigenvalue weighted by Crippen LogP contribution is -2.31. The Hall–Kier alpha value is -0.890. The van der Waals surface area contributed by atoms with Crippen molar-refractivity contribution in [2.24, 2.45) is 0 Å². The Kier molecular flexibility index (Phi) is 1.85. The van der Waals surface area contributed by atoms with Gasteiger partial charge in [-0.25, -0.2) is 0 Å². The Morgan fingerprint density at radius 1 is 1.58 bits per heavy atom. The van der Waals surface area contributed by atoms with Gasteiger partial charge in [-0.05, 0) is 32.0 Å². The minimum Gasteiger partial charge on any atom is -0.298 e. The van der Waals surface area contributed by atoms with Crippen LogP contribution in [0.1, 0.15) is 24.2 Å². The predicted molar refractivity (Wildman–Crippen MR) is 49.0 cm³/mol. The van der Waals surface area contributed by atoms with Gasteiger partial charge in [0.05, 0.1) is 5.69 Å². The van der Waals surface area contributed by atoms with Gasteiger partial charge >= 0.3 is 0 Å². The number of fused-ring (bicyclic) bond motifs is 1. The van der Waals surface area contributed by atoms with Crippen LogP contribution < -0.4 is 0 Å². The molecular weight excluding hydrogens is 148 g/mol. The second-order valence-electron chi connectivity index (χ2n) is 3.45. The molecule has 1 aromatic rings. The van der Waals surface area contributed by atoms with E-state index in [9.17, 15) is 0 Å². The lowest BCUT2D eigenvalue weighted by molar-refractivity contribution is 0.242. The molecule has 2 rings (SSSR count). The average molecular weight is 162 g/mol. The molecule has 1 atom stereocenters. The maximum atomic E-state index is 4.41. The van der Waals surface area contributed by atoms with Gasteiger partial charge in [0.1, 0.15) is 0 Å². The van der Waals surface area contributed by atoms with E-state index in [0.717, 1.165) is 13.0 Å². The molecule has 0 radical (unpaired) electrons.